The van der Waals surface area contributed by atoms with Crippen molar-refractivity contribution >= 4 is 11.9 Å². The first-order chi connectivity index (χ1) is 15.2. The Morgan fingerprint density at radius 2 is 1.26 bits per heavy atom. The standard InChI is InChI=1S/C27H44O4/c1-3-5-6-7-12-17-23-30-26(28)21-13-10-8-9-11-14-22-27(29)31-25-20-16-15-19-24(25)18-4-2/h15-16,19-20H,3-14,17-18,21-23H2,1-2H3. The van der Waals surface area contributed by atoms with E-state index >= 15 is 0 Å². The first kappa shape index (κ1) is 27.2. The zero-order chi connectivity index (χ0) is 22.6. The third-order valence-electron chi connectivity index (χ3n) is 5.49. The molecule has 1 rings (SSSR count). The van der Waals surface area contributed by atoms with Gasteiger partial charge in [-0.05, 0) is 37.3 Å². The molecule has 0 saturated heterocycles. The molecule has 0 radical (unpaired) electrons. The molecule has 0 amide bonds. The first-order valence-electron chi connectivity index (χ1n) is 12.6. The molecule has 0 N–H and O–H groups in total. The SMILES string of the molecule is CCCCCCCCOC(=O)CCCCCCCCC(=O)Oc1ccccc1CCC. The maximum Gasteiger partial charge on any atom is 0.311 e. The van der Waals surface area contributed by atoms with Gasteiger partial charge in [-0.25, -0.2) is 0 Å². The fourth-order valence-corrected chi connectivity index (χ4v) is 3.64. The van der Waals surface area contributed by atoms with E-state index < -0.39 is 0 Å². The number of carbonyl (C=O) groups excluding carboxylic acids is 2. The van der Waals surface area contributed by atoms with E-state index in [0.717, 1.165) is 69.8 Å². The average molecular weight is 433 g/mol. The van der Waals surface area contributed by atoms with Gasteiger partial charge in [-0.1, -0.05) is 96.3 Å². The minimum atomic E-state index is -0.142. The van der Waals surface area contributed by atoms with Gasteiger partial charge in [-0.3, -0.25) is 9.59 Å². The molecule has 31 heavy (non-hydrogen) atoms. The van der Waals surface area contributed by atoms with Crippen LogP contribution in [0.3, 0.4) is 0 Å². The van der Waals surface area contributed by atoms with Gasteiger partial charge in [0, 0.05) is 12.8 Å². The molecule has 176 valence electrons. The maximum absolute atomic E-state index is 12.1. The maximum atomic E-state index is 12.1. The van der Waals surface area contributed by atoms with E-state index in [4.69, 9.17) is 9.47 Å². The minimum absolute atomic E-state index is 0.0559. The van der Waals surface area contributed by atoms with Gasteiger partial charge in [0.25, 0.3) is 0 Å². The van der Waals surface area contributed by atoms with E-state index in [-0.39, 0.29) is 11.9 Å². The van der Waals surface area contributed by atoms with Gasteiger partial charge < -0.3 is 9.47 Å². The molecule has 0 heterocycles. The lowest BCUT2D eigenvalue weighted by atomic mass is 10.1. The molecule has 1 aromatic rings. The Morgan fingerprint density at radius 1 is 0.677 bits per heavy atom. The lowest BCUT2D eigenvalue weighted by molar-refractivity contribution is -0.144. The zero-order valence-corrected chi connectivity index (χ0v) is 20.0. The highest BCUT2D eigenvalue weighted by Crippen LogP contribution is 2.20. The van der Waals surface area contributed by atoms with Crippen molar-refractivity contribution in [1.82, 2.24) is 0 Å². The van der Waals surface area contributed by atoms with Gasteiger partial charge >= 0.3 is 11.9 Å². The molecule has 0 aliphatic carbocycles. The van der Waals surface area contributed by atoms with Crippen LogP contribution >= 0.6 is 0 Å². The summed E-state index contributed by atoms with van der Waals surface area (Å²) in [6.45, 7) is 4.91. The molecular formula is C27H44O4. The highest BCUT2D eigenvalue weighted by molar-refractivity contribution is 5.72. The number of esters is 2. The molecule has 0 unspecified atom stereocenters. The van der Waals surface area contributed by atoms with Crippen molar-refractivity contribution in [3.05, 3.63) is 29.8 Å². The average Bonchev–Trinajstić information content (AvgIpc) is 2.76. The summed E-state index contributed by atoms with van der Waals surface area (Å²) in [6, 6.07) is 7.79. The quantitative estimate of drug-likeness (QED) is 0.128. The molecular weight excluding hydrogens is 388 g/mol. The smallest absolute Gasteiger partial charge is 0.311 e. The van der Waals surface area contributed by atoms with E-state index in [1.807, 2.05) is 24.3 Å². The van der Waals surface area contributed by atoms with Crippen molar-refractivity contribution in [3.8, 4) is 5.75 Å². The zero-order valence-electron chi connectivity index (χ0n) is 20.0. The fourth-order valence-electron chi connectivity index (χ4n) is 3.64. The summed E-state index contributed by atoms with van der Waals surface area (Å²) in [6.07, 6.45) is 16.2. The highest BCUT2D eigenvalue weighted by Gasteiger charge is 2.08. The monoisotopic (exact) mass is 432 g/mol. The second-order valence-electron chi connectivity index (χ2n) is 8.44. The summed E-state index contributed by atoms with van der Waals surface area (Å²) in [4.78, 5) is 23.8. The van der Waals surface area contributed by atoms with Crippen LogP contribution in [-0.2, 0) is 20.7 Å². The molecule has 1 aromatic carbocycles. The van der Waals surface area contributed by atoms with Crippen molar-refractivity contribution in [3.63, 3.8) is 0 Å². The normalized spacial score (nSPS) is 10.8. The van der Waals surface area contributed by atoms with Gasteiger partial charge in [0.1, 0.15) is 5.75 Å². The van der Waals surface area contributed by atoms with E-state index in [0.29, 0.717) is 25.2 Å². The largest absolute Gasteiger partial charge is 0.466 e. The Hall–Kier alpha value is -1.84. The Balaban J connectivity index is 1.95. The predicted molar refractivity (Wildman–Crippen MR) is 127 cm³/mol. The topological polar surface area (TPSA) is 52.6 Å². The first-order valence-corrected chi connectivity index (χ1v) is 12.6. The number of benzene rings is 1. The van der Waals surface area contributed by atoms with Gasteiger partial charge in [0.05, 0.1) is 6.61 Å². The van der Waals surface area contributed by atoms with Crippen LogP contribution in [0.1, 0.15) is 116 Å². The van der Waals surface area contributed by atoms with Crippen LogP contribution in [-0.4, -0.2) is 18.5 Å². The van der Waals surface area contributed by atoms with Crippen LogP contribution in [0.5, 0.6) is 5.75 Å². The van der Waals surface area contributed by atoms with E-state index in [1.54, 1.807) is 0 Å². The molecule has 0 aromatic heterocycles. The van der Waals surface area contributed by atoms with Gasteiger partial charge in [-0.15, -0.1) is 0 Å². The number of aryl methyl sites for hydroxylation is 1. The molecule has 0 bridgehead atoms. The third-order valence-corrected chi connectivity index (χ3v) is 5.49. The summed E-state index contributed by atoms with van der Waals surface area (Å²) >= 11 is 0. The van der Waals surface area contributed by atoms with Crippen LogP contribution in [0.15, 0.2) is 24.3 Å². The van der Waals surface area contributed by atoms with Gasteiger partial charge in [0.15, 0.2) is 0 Å². The molecule has 0 fully saturated rings. The third kappa shape index (κ3) is 14.7. The molecule has 4 nitrogen and oxygen atoms in total. The van der Waals surface area contributed by atoms with Crippen molar-refractivity contribution in [2.75, 3.05) is 6.61 Å². The Kier molecular flexibility index (Phi) is 16.6. The molecule has 0 atom stereocenters. The number of rotatable bonds is 19. The lowest BCUT2D eigenvalue weighted by Crippen LogP contribution is -2.09. The number of carbonyl (C=O) groups is 2. The van der Waals surface area contributed by atoms with E-state index in [2.05, 4.69) is 13.8 Å². The Morgan fingerprint density at radius 3 is 1.94 bits per heavy atom. The van der Waals surface area contributed by atoms with Crippen LogP contribution < -0.4 is 4.74 Å². The lowest BCUT2D eigenvalue weighted by Gasteiger charge is -2.09. The highest BCUT2D eigenvalue weighted by atomic mass is 16.5. The van der Waals surface area contributed by atoms with Crippen molar-refractivity contribution in [2.24, 2.45) is 0 Å². The number of unbranched alkanes of at least 4 members (excludes halogenated alkanes) is 10. The fraction of sp³-hybridized carbons (Fsp3) is 0.704. The summed E-state index contributed by atoms with van der Waals surface area (Å²) < 4.78 is 10.8. The number of para-hydroxylation sites is 1. The number of hydrogen-bond acceptors (Lipinski definition) is 4. The van der Waals surface area contributed by atoms with Gasteiger partial charge in [0.2, 0.25) is 0 Å². The van der Waals surface area contributed by atoms with E-state index in [1.165, 1.54) is 25.7 Å². The van der Waals surface area contributed by atoms with Gasteiger partial charge in [-0.2, -0.15) is 0 Å². The second kappa shape index (κ2) is 18.9. The number of ether oxygens (including phenoxy) is 2. The van der Waals surface area contributed by atoms with Crippen molar-refractivity contribution in [2.45, 2.75) is 117 Å². The predicted octanol–water partition coefficient (Wildman–Crippen LogP) is 7.57. The Bertz CT molecular complexity index is 597. The summed E-state index contributed by atoms with van der Waals surface area (Å²) in [5.74, 6) is 0.508. The van der Waals surface area contributed by atoms with Crippen LogP contribution in [0.2, 0.25) is 0 Å². The summed E-state index contributed by atoms with van der Waals surface area (Å²) in [5.41, 5.74) is 1.10. The Labute approximate surface area is 190 Å². The molecule has 0 aliphatic heterocycles. The summed E-state index contributed by atoms with van der Waals surface area (Å²) in [7, 11) is 0. The van der Waals surface area contributed by atoms with Crippen LogP contribution in [0, 0.1) is 0 Å². The minimum Gasteiger partial charge on any atom is -0.466 e. The van der Waals surface area contributed by atoms with Crippen molar-refractivity contribution < 1.29 is 19.1 Å². The van der Waals surface area contributed by atoms with Crippen LogP contribution in [0.25, 0.3) is 0 Å². The molecule has 0 saturated carbocycles. The summed E-state index contributed by atoms with van der Waals surface area (Å²) in [5, 5.41) is 0. The molecule has 0 aliphatic rings. The van der Waals surface area contributed by atoms with Crippen LogP contribution in [0.4, 0.5) is 0 Å². The van der Waals surface area contributed by atoms with Crippen molar-refractivity contribution in [1.29, 1.82) is 0 Å². The molecule has 0 spiro atoms. The second-order valence-corrected chi connectivity index (χ2v) is 8.44. The molecule has 4 heteroatoms. The number of hydrogen-bond donors (Lipinski definition) is 0. The van der Waals surface area contributed by atoms with E-state index in [9.17, 15) is 9.59 Å².